The number of carbonyl (C=O) groups is 2. The Morgan fingerprint density at radius 1 is 1.30 bits per heavy atom. The van der Waals surface area contributed by atoms with E-state index in [1.165, 1.54) is 12.3 Å². The van der Waals surface area contributed by atoms with E-state index in [0.717, 1.165) is 6.42 Å². The van der Waals surface area contributed by atoms with Gasteiger partial charge in [-0.1, -0.05) is 18.5 Å². The molecule has 0 aliphatic rings. The van der Waals surface area contributed by atoms with Crippen LogP contribution < -0.4 is 16.0 Å². The second kappa shape index (κ2) is 8.37. The van der Waals surface area contributed by atoms with Crippen LogP contribution in [0.25, 0.3) is 0 Å². The van der Waals surface area contributed by atoms with E-state index in [9.17, 15) is 9.59 Å². The molecular formula is C13H19ClN4O2. The first-order chi connectivity index (χ1) is 9.58. The van der Waals surface area contributed by atoms with E-state index in [1.54, 1.807) is 7.05 Å². The molecular weight excluding hydrogens is 280 g/mol. The van der Waals surface area contributed by atoms with E-state index >= 15 is 0 Å². The van der Waals surface area contributed by atoms with Gasteiger partial charge in [0.15, 0.2) is 0 Å². The summed E-state index contributed by atoms with van der Waals surface area (Å²) in [4.78, 5) is 27.2. The van der Waals surface area contributed by atoms with Gasteiger partial charge < -0.3 is 16.0 Å². The van der Waals surface area contributed by atoms with Gasteiger partial charge in [-0.25, -0.2) is 4.98 Å². The first-order valence-electron chi connectivity index (χ1n) is 6.46. The standard InChI is InChI=1S/C13H19ClN4O2/c1-3-5-16-11(19)4-6-17-13(20)9-7-10(14)12(15-2)18-8-9/h7-8H,3-6H2,1-2H3,(H,15,18)(H,16,19)(H,17,20). The first kappa shape index (κ1) is 16.2. The monoisotopic (exact) mass is 298 g/mol. The van der Waals surface area contributed by atoms with Gasteiger partial charge in [-0.3, -0.25) is 9.59 Å². The van der Waals surface area contributed by atoms with E-state index in [4.69, 9.17) is 11.6 Å². The highest BCUT2D eigenvalue weighted by Gasteiger charge is 2.09. The number of anilines is 1. The molecule has 0 fully saturated rings. The van der Waals surface area contributed by atoms with Crippen molar-refractivity contribution in [1.82, 2.24) is 15.6 Å². The lowest BCUT2D eigenvalue weighted by Gasteiger charge is -2.07. The lowest BCUT2D eigenvalue weighted by molar-refractivity contribution is -0.120. The van der Waals surface area contributed by atoms with Gasteiger partial charge in [0.2, 0.25) is 5.91 Å². The third kappa shape index (κ3) is 5.05. The molecule has 0 radical (unpaired) electrons. The lowest BCUT2D eigenvalue weighted by Crippen LogP contribution is -2.31. The zero-order valence-electron chi connectivity index (χ0n) is 11.6. The van der Waals surface area contributed by atoms with Gasteiger partial charge in [-0.05, 0) is 12.5 Å². The highest BCUT2D eigenvalue weighted by molar-refractivity contribution is 6.33. The fraction of sp³-hybridized carbons (Fsp3) is 0.462. The third-order valence-electron chi connectivity index (χ3n) is 2.55. The number of pyridine rings is 1. The van der Waals surface area contributed by atoms with Gasteiger partial charge in [-0.15, -0.1) is 0 Å². The normalized spacial score (nSPS) is 9.95. The molecule has 0 bridgehead atoms. The van der Waals surface area contributed by atoms with Crippen molar-refractivity contribution >= 4 is 29.2 Å². The Balaban J connectivity index is 2.43. The van der Waals surface area contributed by atoms with Crippen LogP contribution in [0, 0.1) is 0 Å². The van der Waals surface area contributed by atoms with Crippen LogP contribution in [0.3, 0.4) is 0 Å². The predicted molar refractivity (Wildman–Crippen MR) is 79.0 cm³/mol. The Kier molecular flexibility index (Phi) is 6.79. The highest BCUT2D eigenvalue weighted by Crippen LogP contribution is 2.19. The maximum atomic E-state index is 11.8. The minimum Gasteiger partial charge on any atom is -0.372 e. The Bertz CT molecular complexity index is 479. The van der Waals surface area contributed by atoms with Crippen LogP contribution in [0.2, 0.25) is 5.02 Å². The molecule has 1 rings (SSSR count). The molecule has 1 heterocycles. The average Bonchev–Trinajstić information content (AvgIpc) is 2.44. The van der Waals surface area contributed by atoms with Crippen molar-refractivity contribution in [2.24, 2.45) is 0 Å². The van der Waals surface area contributed by atoms with Crippen molar-refractivity contribution in [2.75, 3.05) is 25.5 Å². The molecule has 0 aromatic carbocycles. The molecule has 0 aliphatic carbocycles. The zero-order chi connectivity index (χ0) is 15.0. The van der Waals surface area contributed by atoms with E-state index in [1.807, 2.05) is 6.92 Å². The van der Waals surface area contributed by atoms with Crippen molar-refractivity contribution in [2.45, 2.75) is 19.8 Å². The number of halogens is 1. The summed E-state index contributed by atoms with van der Waals surface area (Å²) in [5.41, 5.74) is 0.364. The maximum Gasteiger partial charge on any atom is 0.252 e. The smallest absolute Gasteiger partial charge is 0.252 e. The Hall–Kier alpha value is -1.82. The molecule has 6 nitrogen and oxygen atoms in total. The number of rotatable bonds is 7. The van der Waals surface area contributed by atoms with Crippen LogP contribution in [0.15, 0.2) is 12.3 Å². The van der Waals surface area contributed by atoms with Crippen LogP contribution >= 0.6 is 11.6 Å². The second-order valence-corrected chi connectivity index (χ2v) is 4.57. The SMILES string of the molecule is CCCNC(=O)CCNC(=O)c1cnc(NC)c(Cl)c1. The molecule has 0 unspecified atom stereocenters. The maximum absolute atomic E-state index is 11.8. The minimum absolute atomic E-state index is 0.0751. The molecule has 3 N–H and O–H groups in total. The molecule has 0 aliphatic heterocycles. The summed E-state index contributed by atoms with van der Waals surface area (Å²) in [5.74, 6) is 0.140. The van der Waals surface area contributed by atoms with E-state index in [2.05, 4.69) is 20.9 Å². The average molecular weight is 299 g/mol. The molecule has 0 spiro atoms. The lowest BCUT2D eigenvalue weighted by atomic mass is 10.2. The molecule has 0 saturated heterocycles. The molecule has 2 amide bonds. The summed E-state index contributed by atoms with van der Waals surface area (Å²) in [6, 6.07) is 1.53. The van der Waals surface area contributed by atoms with Crippen molar-refractivity contribution < 1.29 is 9.59 Å². The highest BCUT2D eigenvalue weighted by atomic mass is 35.5. The predicted octanol–water partition coefficient (Wildman–Crippen LogP) is 1.42. The fourth-order valence-electron chi connectivity index (χ4n) is 1.49. The van der Waals surface area contributed by atoms with E-state index in [0.29, 0.717) is 22.9 Å². The summed E-state index contributed by atoms with van der Waals surface area (Å²) in [5, 5.41) is 8.58. The van der Waals surface area contributed by atoms with Crippen molar-refractivity contribution in [3.63, 3.8) is 0 Å². The largest absolute Gasteiger partial charge is 0.372 e. The van der Waals surface area contributed by atoms with Crippen molar-refractivity contribution in [1.29, 1.82) is 0 Å². The zero-order valence-corrected chi connectivity index (χ0v) is 12.4. The summed E-state index contributed by atoms with van der Waals surface area (Å²) in [6.07, 6.45) is 2.58. The number of hydrogen-bond donors (Lipinski definition) is 3. The number of carbonyl (C=O) groups excluding carboxylic acids is 2. The Morgan fingerprint density at radius 2 is 2.05 bits per heavy atom. The number of amides is 2. The number of nitrogens with one attached hydrogen (secondary N) is 3. The van der Waals surface area contributed by atoms with Gasteiger partial charge in [-0.2, -0.15) is 0 Å². The molecule has 20 heavy (non-hydrogen) atoms. The number of nitrogens with zero attached hydrogens (tertiary/aromatic N) is 1. The van der Waals surface area contributed by atoms with Crippen molar-refractivity contribution in [3.05, 3.63) is 22.8 Å². The van der Waals surface area contributed by atoms with Crippen LogP contribution in [0.1, 0.15) is 30.1 Å². The second-order valence-electron chi connectivity index (χ2n) is 4.16. The number of aromatic nitrogens is 1. The molecule has 0 saturated carbocycles. The molecule has 0 atom stereocenters. The molecule has 1 aromatic heterocycles. The molecule has 1 aromatic rings. The summed E-state index contributed by atoms with van der Waals surface area (Å²) >= 11 is 5.95. The summed E-state index contributed by atoms with van der Waals surface area (Å²) < 4.78 is 0. The van der Waals surface area contributed by atoms with Crippen LogP contribution in [-0.2, 0) is 4.79 Å². The quantitative estimate of drug-likeness (QED) is 0.711. The Labute approximate surface area is 123 Å². The van der Waals surface area contributed by atoms with Gasteiger partial charge in [0.05, 0.1) is 10.6 Å². The van der Waals surface area contributed by atoms with E-state index in [-0.39, 0.29) is 24.8 Å². The van der Waals surface area contributed by atoms with Crippen molar-refractivity contribution in [3.8, 4) is 0 Å². The van der Waals surface area contributed by atoms with Gasteiger partial charge in [0, 0.05) is 32.8 Å². The van der Waals surface area contributed by atoms with E-state index < -0.39 is 0 Å². The minimum atomic E-state index is -0.301. The van der Waals surface area contributed by atoms with Crippen LogP contribution in [-0.4, -0.2) is 36.9 Å². The van der Waals surface area contributed by atoms with Crippen LogP contribution in [0.5, 0.6) is 0 Å². The third-order valence-corrected chi connectivity index (χ3v) is 2.84. The van der Waals surface area contributed by atoms with Gasteiger partial charge >= 0.3 is 0 Å². The van der Waals surface area contributed by atoms with Gasteiger partial charge in [0.1, 0.15) is 5.82 Å². The molecule has 110 valence electrons. The fourth-order valence-corrected chi connectivity index (χ4v) is 1.75. The molecule has 7 heteroatoms. The summed E-state index contributed by atoms with van der Waals surface area (Å²) in [6.45, 7) is 2.91. The first-order valence-corrected chi connectivity index (χ1v) is 6.84. The van der Waals surface area contributed by atoms with Gasteiger partial charge in [0.25, 0.3) is 5.91 Å². The Morgan fingerprint density at radius 3 is 2.65 bits per heavy atom. The topological polar surface area (TPSA) is 83.1 Å². The number of hydrogen-bond acceptors (Lipinski definition) is 4. The van der Waals surface area contributed by atoms with Crippen LogP contribution in [0.4, 0.5) is 5.82 Å². The summed E-state index contributed by atoms with van der Waals surface area (Å²) in [7, 11) is 1.70.